The zero-order valence-electron chi connectivity index (χ0n) is 10.8. The molecule has 0 saturated heterocycles. The van der Waals surface area contributed by atoms with Crippen LogP contribution in [0.15, 0.2) is 12.1 Å². The van der Waals surface area contributed by atoms with E-state index in [0.717, 1.165) is 29.4 Å². The summed E-state index contributed by atoms with van der Waals surface area (Å²) >= 11 is 6.19. The van der Waals surface area contributed by atoms with E-state index in [0.29, 0.717) is 5.75 Å². The van der Waals surface area contributed by atoms with Gasteiger partial charge in [0.25, 0.3) is 0 Å². The summed E-state index contributed by atoms with van der Waals surface area (Å²) in [5.41, 5.74) is 1.08. The lowest BCUT2D eigenvalue weighted by Gasteiger charge is -2.11. The Morgan fingerprint density at radius 2 is 1.82 bits per heavy atom. The second-order valence-electron chi connectivity index (χ2n) is 3.93. The number of ether oxygens (including phenoxy) is 2. The van der Waals surface area contributed by atoms with E-state index in [1.165, 1.54) is 12.8 Å². The van der Waals surface area contributed by atoms with Crippen LogP contribution in [0, 0.1) is 0 Å². The third kappa shape index (κ3) is 4.10. The summed E-state index contributed by atoms with van der Waals surface area (Å²) in [5.74, 6) is 1.41. The minimum atomic E-state index is 0.676. The Bertz CT molecular complexity index is 356. The first-order valence-electron chi connectivity index (χ1n) is 5.95. The van der Waals surface area contributed by atoms with Crippen LogP contribution in [0.5, 0.6) is 11.5 Å². The number of benzene rings is 1. The van der Waals surface area contributed by atoms with E-state index in [2.05, 4.69) is 12.2 Å². The van der Waals surface area contributed by atoms with Crippen molar-refractivity contribution < 1.29 is 14.8 Å². The molecule has 96 valence electrons. The van der Waals surface area contributed by atoms with Gasteiger partial charge in [-0.05, 0) is 12.5 Å². The number of methoxy groups -OCH3 is 2. The molecule has 3 nitrogen and oxygen atoms in total. The maximum absolute atomic E-state index is 6.19. The first kappa shape index (κ1) is 14.1. The monoisotopic (exact) mass is 258 g/mol. The van der Waals surface area contributed by atoms with Crippen molar-refractivity contribution in [2.45, 2.75) is 26.3 Å². The van der Waals surface area contributed by atoms with E-state index in [-0.39, 0.29) is 0 Å². The average molecular weight is 259 g/mol. The van der Waals surface area contributed by atoms with Gasteiger partial charge in [-0.3, -0.25) is 0 Å². The molecule has 0 atom stereocenters. The van der Waals surface area contributed by atoms with Gasteiger partial charge in [-0.2, -0.15) is 0 Å². The predicted molar refractivity (Wildman–Crippen MR) is 70.0 cm³/mol. The molecule has 0 bridgehead atoms. The molecule has 0 fully saturated rings. The maximum Gasteiger partial charge on any atom is 0.162 e. The lowest BCUT2D eigenvalue weighted by molar-refractivity contribution is -0.670. The molecule has 0 aromatic heterocycles. The van der Waals surface area contributed by atoms with Crippen molar-refractivity contribution in [3.05, 3.63) is 22.7 Å². The van der Waals surface area contributed by atoms with Crippen LogP contribution < -0.4 is 14.8 Å². The molecule has 0 unspecified atom stereocenters. The maximum atomic E-state index is 6.19. The number of nitrogens with two attached hydrogens (primary N) is 1. The summed E-state index contributed by atoms with van der Waals surface area (Å²) in [6.45, 7) is 4.19. The molecule has 1 aromatic carbocycles. The molecule has 1 rings (SSSR count). The van der Waals surface area contributed by atoms with Crippen molar-refractivity contribution in [2.24, 2.45) is 0 Å². The van der Waals surface area contributed by atoms with Crippen molar-refractivity contribution in [3.8, 4) is 11.5 Å². The van der Waals surface area contributed by atoms with Gasteiger partial charge in [-0.15, -0.1) is 0 Å². The molecule has 0 radical (unpaired) electrons. The summed E-state index contributed by atoms with van der Waals surface area (Å²) in [4.78, 5) is 0. The lowest BCUT2D eigenvalue weighted by Crippen LogP contribution is -2.82. The molecular formula is C13H21ClNO2+. The molecule has 0 heterocycles. The SMILES string of the molecule is CCCC[NH2+]Cc1cc(OC)c(OC)cc1Cl. The number of quaternary nitrogens is 1. The quantitative estimate of drug-likeness (QED) is 0.761. The summed E-state index contributed by atoms with van der Waals surface area (Å²) in [6.07, 6.45) is 2.45. The first-order chi connectivity index (χ1) is 8.22. The summed E-state index contributed by atoms with van der Waals surface area (Å²) in [7, 11) is 3.25. The highest BCUT2D eigenvalue weighted by Gasteiger charge is 2.10. The van der Waals surface area contributed by atoms with Crippen LogP contribution in [0.4, 0.5) is 0 Å². The van der Waals surface area contributed by atoms with Gasteiger partial charge in [-0.25, -0.2) is 0 Å². The molecule has 0 amide bonds. The zero-order chi connectivity index (χ0) is 12.7. The largest absolute Gasteiger partial charge is 0.493 e. The summed E-state index contributed by atoms with van der Waals surface area (Å²) < 4.78 is 10.5. The van der Waals surface area contributed by atoms with Gasteiger partial charge in [0.2, 0.25) is 0 Å². The van der Waals surface area contributed by atoms with E-state index in [1.54, 1.807) is 14.2 Å². The number of hydrogen-bond acceptors (Lipinski definition) is 2. The van der Waals surface area contributed by atoms with E-state index < -0.39 is 0 Å². The summed E-state index contributed by atoms with van der Waals surface area (Å²) in [5, 5.41) is 2.99. The number of rotatable bonds is 7. The second-order valence-corrected chi connectivity index (χ2v) is 4.34. The molecule has 17 heavy (non-hydrogen) atoms. The van der Waals surface area contributed by atoms with Crippen LogP contribution in [0.3, 0.4) is 0 Å². The van der Waals surface area contributed by atoms with Crippen LogP contribution in [-0.2, 0) is 6.54 Å². The summed E-state index contributed by atoms with van der Waals surface area (Å²) in [6, 6.07) is 3.76. The van der Waals surface area contributed by atoms with Crippen LogP contribution >= 0.6 is 11.6 Å². The number of halogens is 1. The molecule has 1 aromatic rings. The van der Waals surface area contributed by atoms with Crippen LogP contribution in [0.1, 0.15) is 25.3 Å². The van der Waals surface area contributed by atoms with Crippen LogP contribution in [0.25, 0.3) is 0 Å². The highest BCUT2D eigenvalue weighted by atomic mass is 35.5. The fraction of sp³-hybridized carbons (Fsp3) is 0.538. The van der Waals surface area contributed by atoms with Crippen molar-refractivity contribution in [2.75, 3.05) is 20.8 Å². The molecule has 4 heteroatoms. The smallest absolute Gasteiger partial charge is 0.162 e. The number of unbranched alkanes of at least 4 members (excludes halogenated alkanes) is 1. The third-order valence-electron chi connectivity index (χ3n) is 2.68. The Labute approximate surface area is 108 Å². The van der Waals surface area contributed by atoms with E-state index >= 15 is 0 Å². The molecule has 0 spiro atoms. The van der Waals surface area contributed by atoms with Gasteiger partial charge in [0, 0.05) is 11.6 Å². The Morgan fingerprint density at radius 3 is 2.41 bits per heavy atom. The Balaban J connectivity index is 2.71. The lowest BCUT2D eigenvalue weighted by atomic mass is 10.2. The molecular weight excluding hydrogens is 238 g/mol. The second kappa shape index (κ2) is 7.41. The fourth-order valence-electron chi connectivity index (χ4n) is 1.66. The van der Waals surface area contributed by atoms with Gasteiger partial charge in [0.05, 0.1) is 25.8 Å². The third-order valence-corrected chi connectivity index (χ3v) is 3.03. The van der Waals surface area contributed by atoms with Crippen molar-refractivity contribution in [1.29, 1.82) is 0 Å². The Kier molecular flexibility index (Phi) is 6.16. The predicted octanol–water partition coefficient (Wildman–Crippen LogP) is 2.22. The van der Waals surface area contributed by atoms with Gasteiger partial charge < -0.3 is 14.8 Å². The van der Waals surface area contributed by atoms with Gasteiger partial charge in [-0.1, -0.05) is 24.9 Å². The van der Waals surface area contributed by atoms with E-state index in [4.69, 9.17) is 21.1 Å². The zero-order valence-corrected chi connectivity index (χ0v) is 11.5. The molecule has 0 aliphatic heterocycles. The normalized spacial score (nSPS) is 10.4. The van der Waals surface area contributed by atoms with E-state index in [1.807, 2.05) is 12.1 Å². The van der Waals surface area contributed by atoms with Gasteiger partial charge >= 0.3 is 0 Å². The highest BCUT2D eigenvalue weighted by molar-refractivity contribution is 6.31. The van der Waals surface area contributed by atoms with Gasteiger partial charge in [0.1, 0.15) is 6.54 Å². The number of hydrogen-bond donors (Lipinski definition) is 1. The molecule has 2 N–H and O–H groups in total. The van der Waals surface area contributed by atoms with Crippen LogP contribution in [-0.4, -0.2) is 20.8 Å². The highest BCUT2D eigenvalue weighted by Crippen LogP contribution is 2.32. The van der Waals surface area contributed by atoms with Gasteiger partial charge in [0.15, 0.2) is 11.5 Å². The molecule has 0 aliphatic rings. The Morgan fingerprint density at radius 1 is 1.18 bits per heavy atom. The first-order valence-corrected chi connectivity index (χ1v) is 6.32. The Hall–Kier alpha value is -0.930. The van der Waals surface area contributed by atoms with Crippen molar-refractivity contribution in [3.63, 3.8) is 0 Å². The fourth-order valence-corrected chi connectivity index (χ4v) is 1.89. The van der Waals surface area contributed by atoms with Crippen LogP contribution in [0.2, 0.25) is 5.02 Å². The minimum absolute atomic E-state index is 0.676. The van der Waals surface area contributed by atoms with Crippen molar-refractivity contribution in [1.82, 2.24) is 0 Å². The molecule has 0 saturated carbocycles. The minimum Gasteiger partial charge on any atom is -0.493 e. The van der Waals surface area contributed by atoms with E-state index in [9.17, 15) is 0 Å². The van der Waals surface area contributed by atoms with Crippen molar-refractivity contribution >= 4 is 11.6 Å². The standard InChI is InChI=1S/C13H20ClNO2/c1-4-5-6-15-9-10-7-12(16-2)13(17-3)8-11(10)14/h7-8,15H,4-6,9H2,1-3H3/p+1. The average Bonchev–Trinajstić information content (AvgIpc) is 2.35. The topological polar surface area (TPSA) is 35.1 Å². The molecule has 0 aliphatic carbocycles.